The van der Waals surface area contributed by atoms with E-state index in [1.54, 1.807) is 0 Å². The SMILES string of the molecule is C1=CC([Si]c2ccccc2)CCCC1. The van der Waals surface area contributed by atoms with Gasteiger partial charge >= 0.3 is 0 Å². The molecule has 0 saturated carbocycles. The second-order valence-electron chi connectivity index (χ2n) is 3.83. The van der Waals surface area contributed by atoms with Gasteiger partial charge in [-0.3, -0.25) is 0 Å². The fourth-order valence-electron chi connectivity index (χ4n) is 1.85. The van der Waals surface area contributed by atoms with Crippen LogP contribution in [0.5, 0.6) is 0 Å². The Bertz CT molecular complexity index is 289. The van der Waals surface area contributed by atoms with E-state index in [1.807, 2.05) is 0 Å². The minimum Gasteiger partial charge on any atom is -0.0886 e. The van der Waals surface area contributed by atoms with E-state index in [4.69, 9.17) is 0 Å². The molecule has 0 nitrogen and oxygen atoms in total. The third kappa shape index (κ3) is 2.84. The van der Waals surface area contributed by atoms with Gasteiger partial charge in [0.1, 0.15) is 0 Å². The van der Waals surface area contributed by atoms with E-state index in [0.717, 1.165) is 15.1 Å². The molecule has 1 heteroatoms. The Hall–Kier alpha value is -0.823. The summed E-state index contributed by atoms with van der Waals surface area (Å²) in [6.07, 6.45) is 10.2. The first-order chi connectivity index (χ1) is 6.95. The summed E-state index contributed by atoms with van der Waals surface area (Å²) in [6, 6.07) is 10.9. The van der Waals surface area contributed by atoms with Crippen LogP contribution in [0.1, 0.15) is 25.7 Å². The van der Waals surface area contributed by atoms with Gasteiger partial charge in [-0.05, 0) is 24.8 Å². The summed E-state index contributed by atoms with van der Waals surface area (Å²) in [6.45, 7) is 0. The van der Waals surface area contributed by atoms with Crippen LogP contribution in [0.25, 0.3) is 0 Å². The molecule has 0 spiro atoms. The number of hydrogen-bond acceptors (Lipinski definition) is 0. The van der Waals surface area contributed by atoms with E-state index in [1.165, 1.54) is 30.9 Å². The molecular formula is C13H16Si. The highest BCUT2D eigenvalue weighted by Gasteiger charge is 2.09. The summed E-state index contributed by atoms with van der Waals surface area (Å²) in [5.41, 5.74) is 0.805. The maximum Gasteiger partial charge on any atom is 0.0884 e. The Morgan fingerprint density at radius 3 is 2.79 bits per heavy atom. The predicted molar refractivity (Wildman–Crippen MR) is 63.2 cm³/mol. The van der Waals surface area contributed by atoms with Gasteiger partial charge < -0.3 is 0 Å². The molecular weight excluding hydrogens is 184 g/mol. The average molecular weight is 200 g/mol. The standard InChI is InChI=1S/C13H16Si/c1-2-5-9-12(8-4-1)14-13-10-6-3-7-11-13/h3-4,6-8,10-12H,1-2,5,9H2. The largest absolute Gasteiger partial charge is 0.0886 e. The summed E-state index contributed by atoms with van der Waals surface area (Å²) in [5, 5.41) is 1.50. The zero-order valence-corrected chi connectivity index (χ0v) is 9.45. The first-order valence-electron chi connectivity index (χ1n) is 5.43. The number of rotatable bonds is 2. The molecule has 2 rings (SSSR count). The minimum absolute atomic E-state index is 0.805. The Morgan fingerprint density at radius 2 is 1.93 bits per heavy atom. The third-order valence-corrected chi connectivity index (χ3v) is 4.15. The van der Waals surface area contributed by atoms with Crippen molar-refractivity contribution >= 4 is 14.7 Å². The van der Waals surface area contributed by atoms with Crippen LogP contribution in [-0.2, 0) is 0 Å². The Morgan fingerprint density at radius 1 is 1.07 bits per heavy atom. The van der Waals surface area contributed by atoms with E-state index < -0.39 is 0 Å². The molecule has 0 amide bonds. The first kappa shape index (κ1) is 9.72. The molecule has 1 aromatic rings. The van der Waals surface area contributed by atoms with Gasteiger partial charge in [-0.25, -0.2) is 0 Å². The molecule has 2 radical (unpaired) electrons. The average Bonchev–Trinajstić information content (AvgIpc) is 2.48. The van der Waals surface area contributed by atoms with Crippen LogP contribution in [0.3, 0.4) is 0 Å². The van der Waals surface area contributed by atoms with Crippen molar-refractivity contribution < 1.29 is 0 Å². The summed E-state index contributed by atoms with van der Waals surface area (Å²) in [5.74, 6) is 0. The van der Waals surface area contributed by atoms with Crippen LogP contribution in [0.15, 0.2) is 42.5 Å². The zero-order valence-electron chi connectivity index (χ0n) is 8.45. The molecule has 14 heavy (non-hydrogen) atoms. The summed E-state index contributed by atoms with van der Waals surface area (Å²) in [7, 11) is 0.962. The molecule has 72 valence electrons. The highest BCUT2D eigenvalue weighted by molar-refractivity contribution is 6.55. The van der Waals surface area contributed by atoms with Crippen molar-refractivity contribution in [3.63, 3.8) is 0 Å². The molecule has 1 aliphatic rings. The Balaban J connectivity index is 1.96. The number of benzene rings is 1. The molecule has 1 aromatic carbocycles. The molecule has 0 saturated heterocycles. The van der Waals surface area contributed by atoms with E-state index >= 15 is 0 Å². The van der Waals surface area contributed by atoms with Crippen LogP contribution in [-0.4, -0.2) is 9.52 Å². The molecule has 1 unspecified atom stereocenters. The lowest BCUT2D eigenvalue weighted by Gasteiger charge is -2.08. The predicted octanol–water partition coefficient (Wildman–Crippen LogP) is 2.93. The summed E-state index contributed by atoms with van der Waals surface area (Å²) < 4.78 is 0. The quantitative estimate of drug-likeness (QED) is 0.508. The van der Waals surface area contributed by atoms with Crippen LogP contribution < -0.4 is 5.19 Å². The van der Waals surface area contributed by atoms with Crippen LogP contribution in [0.2, 0.25) is 5.54 Å². The van der Waals surface area contributed by atoms with E-state index in [9.17, 15) is 0 Å². The van der Waals surface area contributed by atoms with Crippen molar-refractivity contribution in [3.8, 4) is 0 Å². The maximum atomic E-state index is 2.43. The lowest BCUT2D eigenvalue weighted by molar-refractivity contribution is 0.715. The monoisotopic (exact) mass is 200 g/mol. The second-order valence-corrected chi connectivity index (χ2v) is 5.44. The smallest absolute Gasteiger partial charge is 0.0884 e. The van der Waals surface area contributed by atoms with Crippen LogP contribution >= 0.6 is 0 Å². The lowest BCUT2D eigenvalue weighted by atomic mass is 10.2. The van der Waals surface area contributed by atoms with Crippen LogP contribution in [0, 0.1) is 0 Å². The van der Waals surface area contributed by atoms with Gasteiger partial charge in [0.25, 0.3) is 0 Å². The van der Waals surface area contributed by atoms with Gasteiger partial charge in [-0.15, -0.1) is 0 Å². The Kier molecular flexibility index (Phi) is 3.58. The van der Waals surface area contributed by atoms with E-state index in [-0.39, 0.29) is 0 Å². The summed E-state index contributed by atoms with van der Waals surface area (Å²) >= 11 is 0. The fraction of sp³-hybridized carbons (Fsp3) is 0.385. The molecule has 0 heterocycles. The van der Waals surface area contributed by atoms with Gasteiger partial charge in [-0.2, -0.15) is 0 Å². The molecule has 0 aromatic heterocycles. The van der Waals surface area contributed by atoms with Crippen molar-refractivity contribution in [1.82, 2.24) is 0 Å². The van der Waals surface area contributed by atoms with Gasteiger partial charge in [0.05, 0.1) is 9.52 Å². The summed E-state index contributed by atoms with van der Waals surface area (Å²) in [4.78, 5) is 0. The normalized spacial score (nSPS) is 21.9. The molecule has 1 atom stereocenters. The van der Waals surface area contributed by atoms with E-state index in [2.05, 4.69) is 42.5 Å². The molecule has 1 aliphatic carbocycles. The topological polar surface area (TPSA) is 0 Å². The van der Waals surface area contributed by atoms with Crippen molar-refractivity contribution in [1.29, 1.82) is 0 Å². The number of allylic oxidation sites excluding steroid dienone is 2. The van der Waals surface area contributed by atoms with E-state index in [0.29, 0.717) is 0 Å². The molecule has 0 N–H and O–H groups in total. The van der Waals surface area contributed by atoms with Crippen LogP contribution in [0.4, 0.5) is 0 Å². The van der Waals surface area contributed by atoms with Crippen molar-refractivity contribution in [2.75, 3.05) is 0 Å². The second kappa shape index (κ2) is 5.16. The highest BCUT2D eigenvalue weighted by atomic mass is 28.2. The Labute approximate surface area is 88.9 Å². The third-order valence-electron chi connectivity index (χ3n) is 2.63. The zero-order chi connectivity index (χ0) is 9.64. The van der Waals surface area contributed by atoms with Crippen molar-refractivity contribution in [3.05, 3.63) is 42.5 Å². The lowest BCUT2D eigenvalue weighted by Crippen LogP contribution is -2.17. The molecule has 0 bridgehead atoms. The molecule has 0 fully saturated rings. The van der Waals surface area contributed by atoms with Gasteiger partial charge in [0, 0.05) is 0 Å². The molecule has 0 aliphatic heterocycles. The number of hydrogen-bond donors (Lipinski definition) is 0. The van der Waals surface area contributed by atoms with Crippen molar-refractivity contribution in [2.45, 2.75) is 31.2 Å². The minimum atomic E-state index is 0.805. The van der Waals surface area contributed by atoms with Gasteiger partial charge in [0.15, 0.2) is 0 Å². The maximum absolute atomic E-state index is 2.43. The van der Waals surface area contributed by atoms with Gasteiger partial charge in [-0.1, -0.05) is 54.1 Å². The van der Waals surface area contributed by atoms with Gasteiger partial charge in [0.2, 0.25) is 0 Å². The highest BCUT2D eigenvalue weighted by Crippen LogP contribution is 2.20. The van der Waals surface area contributed by atoms with Crippen molar-refractivity contribution in [2.24, 2.45) is 0 Å². The first-order valence-corrected chi connectivity index (χ1v) is 6.51. The fourth-order valence-corrected chi connectivity index (χ4v) is 3.25.